The van der Waals surface area contributed by atoms with E-state index in [2.05, 4.69) is 52.1 Å². The summed E-state index contributed by atoms with van der Waals surface area (Å²) in [7, 11) is 5.91. The summed E-state index contributed by atoms with van der Waals surface area (Å²) in [6.07, 6.45) is -0.260. The number of rotatable bonds is 5. The standard InChI is InChI=1S/C18H31N5O2S/c1-18(2,3)25-17(24)23-11-13(12-23)21-16(19-4)20-10-14(22(5)6)15-8-7-9-26-15/h7-9,13-14H,10-12H2,1-6H3,(H2,19,20,21). The number of nitrogens with one attached hydrogen (secondary N) is 2. The van der Waals surface area contributed by atoms with Crippen LogP contribution in [0.1, 0.15) is 31.7 Å². The monoisotopic (exact) mass is 381 g/mol. The normalized spacial score (nSPS) is 17.0. The Morgan fingerprint density at radius 2 is 2.15 bits per heavy atom. The molecule has 146 valence electrons. The first-order valence-electron chi connectivity index (χ1n) is 8.84. The Morgan fingerprint density at radius 3 is 2.65 bits per heavy atom. The molecule has 1 unspecified atom stereocenters. The molecule has 26 heavy (non-hydrogen) atoms. The number of guanidine groups is 1. The van der Waals surface area contributed by atoms with E-state index in [9.17, 15) is 4.79 Å². The fraction of sp³-hybridized carbons (Fsp3) is 0.667. The van der Waals surface area contributed by atoms with E-state index in [1.807, 2.05) is 20.8 Å². The van der Waals surface area contributed by atoms with Gasteiger partial charge in [-0.25, -0.2) is 4.79 Å². The number of carbonyl (C=O) groups is 1. The lowest BCUT2D eigenvalue weighted by molar-refractivity contribution is 0.00700. The molecule has 0 aliphatic carbocycles. The van der Waals surface area contributed by atoms with Gasteiger partial charge in [0.15, 0.2) is 5.96 Å². The molecule has 0 aromatic carbocycles. The Bertz CT molecular complexity index is 604. The van der Waals surface area contributed by atoms with Crippen molar-refractivity contribution in [3.05, 3.63) is 22.4 Å². The molecular weight excluding hydrogens is 350 g/mol. The second-order valence-electron chi connectivity index (χ2n) is 7.67. The van der Waals surface area contributed by atoms with Gasteiger partial charge in [0, 0.05) is 31.6 Å². The van der Waals surface area contributed by atoms with Crippen LogP contribution in [-0.4, -0.2) is 74.3 Å². The van der Waals surface area contributed by atoms with Gasteiger partial charge in [-0.1, -0.05) is 6.07 Å². The largest absolute Gasteiger partial charge is 0.444 e. The number of hydrogen-bond donors (Lipinski definition) is 2. The van der Waals surface area contributed by atoms with Crippen LogP contribution < -0.4 is 10.6 Å². The number of ether oxygens (including phenoxy) is 1. The first-order chi connectivity index (χ1) is 12.2. The Hall–Kier alpha value is -1.80. The summed E-state index contributed by atoms with van der Waals surface area (Å²) in [5.41, 5.74) is -0.462. The van der Waals surface area contributed by atoms with Gasteiger partial charge >= 0.3 is 6.09 Å². The lowest BCUT2D eigenvalue weighted by Gasteiger charge is -2.40. The fourth-order valence-corrected chi connectivity index (χ4v) is 3.57. The summed E-state index contributed by atoms with van der Waals surface area (Å²) in [6, 6.07) is 4.70. The zero-order valence-electron chi connectivity index (χ0n) is 16.6. The predicted molar refractivity (Wildman–Crippen MR) is 107 cm³/mol. The highest BCUT2D eigenvalue weighted by atomic mass is 32.1. The van der Waals surface area contributed by atoms with Crippen molar-refractivity contribution >= 4 is 23.4 Å². The van der Waals surface area contributed by atoms with Crippen LogP contribution in [0.5, 0.6) is 0 Å². The molecule has 1 saturated heterocycles. The molecule has 1 aliphatic heterocycles. The van der Waals surface area contributed by atoms with Crippen LogP contribution in [0, 0.1) is 0 Å². The highest BCUT2D eigenvalue weighted by molar-refractivity contribution is 7.10. The van der Waals surface area contributed by atoms with Gasteiger partial charge < -0.3 is 25.2 Å². The van der Waals surface area contributed by atoms with E-state index in [-0.39, 0.29) is 18.2 Å². The molecule has 2 N–H and O–H groups in total. The minimum Gasteiger partial charge on any atom is -0.444 e. The van der Waals surface area contributed by atoms with Gasteiger partial charge in [0.2, 0.25) is 0 Å². The molecule has 1 aromatic heterocycles. The van der Waals surface area contributed by atoms with Crippen molar-refractivity contribution in [3.63, 3.8) is 0 Å². The van der Waals surface area contributed by atoms with Crippen LogP contribution in [0.4, 0.5) is 4.79 Å². The van der Waals surface area contributed by atoms with Crippen LogP contribution in [0.3, 0.4) is 0 Å². The number of nitrogens with zero attached hydrogens (tertiary/aromatic N) is 3. The van der Waals surface area contributed by atoms with Crippen LogP contribution in [0.2, 0.25) is 0 Å². The van der Waals surface area contributed by atoms with E-state index in [0.717, 1.165) is 12.5 Å². The molecule has 1 atom stereocenters. The van der Waals surface area contributed by atoms with Gasteiger partial charge in [-0.2, -0.15) is 0 Å². The highest BCUT2D eigenvalue weighted by Gasteiger charge is 2.34. The summed E-state index contributed by atoms with van der Waals surface area (Å²) in [6.45, 7) is 7.63. The van der Waals surface area contributed by atoms with Crippen molar-refractivity contribution in [2.75, 3.05) is 40.8 Å². The van der Waals surface area contributed by atoms with Gasteiger partial charge in [-0.3, -0.25) is 4.99 Å². The van der Waals surface area contributed by atoms with Crippen molar-refractivity contribution in [3.8, 4) is 0 Å². The van der Waals surface area contributed by atoms with E-state index >= 15 is 0 Å². The molecule has 1 fully saturated rings. The highest BCUT2D eigenvalue weighted by Crippen LogP contribution is 2.22. The van der Waals surface area contributed by atoms with Gasteiger partial charge in [0.1, 0.15) is 5.60 Å². The molecule has 2 rings (SSSR count). The average molecular weight is 382 g/mol. The number of hydrogen-bond acceptors (Lipinski definition) is 5. The molecule has 1 amide bonds. The third-order valence-electron chi connectivity index (χ3n) is 4.06. The third-order valence-corrected chi connectivity index (χ3v) is 5.03. The van der Waals surface area contributed by atoms with Crippen molar-refractivity contribution in [1.82, 2.24) is 20.4 Å². The first kappa shape index (κ1) is 20.5. The Balaban J connectivity index is 1.78. The molecule has 1 aliphatic rings. The number of likely N-dealkylation sites (tertiary alicyclic amines) is 1. The van der Waals surface area contributed by atoms with E-state index in [0.29, 0.717) is 13.1 Å². The lowest BCUT2D eigenvalue weighted by Crippen LogP contribution is -2.63. The minimum absolute atomic E-state index is 0.188. The van der Waals surface area contributed by atoms with E-state index in [1.54, 1.807) is 23.3 Å². The first-order valence-corrected chi connectivity index (χ1v) is 9.72. The second-order valence-corrected chi connectivity index (χ2v) is 8.65. The summed E-state index contributed by atoms with van der Waals surface area (Å²) in [5.74, 6) is 0.752. The predicted octanol–water partition coefficient (Wildman–Crippen LogP) is 2.14. The van der Waals surface area contributed by atoms with E-state index in [4.69, 9.17) is 4.74 Å². The maximum absolute atomic E-state index is 12.0. The van der Waals surface area contributed by atoms with Crippen molar-refractivity contribution in [2.45, 2.75) is 38.5 Å². The van der Waals surface area contributed by atoms with Gasteiger partial charge in [0.05, 0.1) is 12.1 Å². The molecule has 1 aromatic rings. The number of aliphatic imine (C=N–C) groups is 1. The van der Waals surface area contributed by atoms with Gasteiger partial charge in [-0.05, 0) is 46.3 Å². The number of thiophene rings is 1. The lowest BCUT2D eigenvalue weighted by atomic mass is 10.1. The van der Waals surface area contributed by atoms with Crippen molar-refractivity contribution in [1.29, 1.82) is 0 Å². The Morgan fingerprint density at radius 1 is 1.46 bits per heavy atom. The van der Waals surface area contributed by atoms with Crippen LogP contribution in [0.15, 0.2) is 22.5 Å². The van der Waals surface area contributed by atoms with E-state index < -0.39 is 5.60 Å². The molecular formula is C18H31N5O2S. The quantitative estimate of drug-likeness (QED) is 0.604. The molecule has 7 nitrogen and oxygen atoms in total. The summed E-state index contributed by atoms with van der Waals surface area (Å²) in [5, 5.41) is 8.85. The zero-order chi connectivity index (χ0) is 19.3. The topological polar surface area (TPSA) is 69.2 Å². The third kappa shape index (κ3) is 5.88. The molecule has 0 saturated carbocycles. The maximum Gasteiger partial charge on any atom is 0.410 e. The molecule has 0 spiro atoms. The van der Waals surface area contributed by atoms with Crippen molar-refractivity contribution < 1.29 is 9.53 Å². The zero-order valence-corrected chi connectivity index (χ0v) is 17.4. The second kappa shape index (κ2) is 8.73. The molecule has 0 radical (unpaired) electrons. The number of likely N-dealkylation sites (N-methyl/N-ethyl adjacent to an activating group) is 1. The maximum atomic E-state index is 12.0. The van der Waals surface area contributed by atoms with Crippen LogP contribution >= 0.6 is 11.3 Å². The smallest absolute Gasteiger partial charge is 0.410 e. The summed E-state index contributed by atoms with van der Waals surface area (Å²) >= 11 is 1.76. The van der Waals surface area contributed by atoms with Gasteiger partial charge in [0.25, 0.3) is 0 Å². The SMILES string of the molecule is CN=C(NCC(c1cccs1)N(C)C)NC1CN(C(=O)OC(C)(C)C)C1. The minimum atomic E-state index is -0.462. The Kier molecular flexibility index (Phi) is 6.88. The summed E-state index contributed by atoms with van der Waals surface area (Å²) in [4.78, 5) is 21.5. The van der Waals surface area contributed by atoms with Crippen LogP contribution in [0.25, 0.3) is 0 Å². The van der Waals surface area contributed by atoms with Crippen LogP contribution in [-0.2, 0) is 4.74 Å². The number of amides is 1. The summed E-state index contributed by atoms with van der Waals surface area (Å²) < 4.78 is 5.38. The van der Waals surface area contributed by atoms with Crippen molar-refractivity contribution in [2.24, 2.45) is 4.99 Å². The van der Waals surface area contributed by atoms with Gasteiger partial charge in [-0.15, -0.1) is 11.3 Å². The Labute approximate surface area is 160 Å². The molecule has 8 heteroatoms. The number of carbonyl (C=O) groups excluding carboxylic acids is 1. The van der Waals surface area contributed by atoms with E-state index in [1.165, 1.54) is 4.88 Å². The molecule has 0 bridgehead atoms. The molecule has 2 heterocycles. The fourth-order valence-electron chi connectivity index (χ4n) is 2.65. The average Bonchev–Trinajstić information content (AvgIpc) is 3.00.